The Hall–Kier alpha value is -3.65. The van der Waals surface area contributed by atoms with Crippen molar-refractivity contribution in [2.24, 2.45) is 0 Å². The Morgan fingerprint density at radius 2 is 1.97 bits per heavy atom. The number of halogens is 2. The van der Waals surface area contributed by atoms with Crippen LogP contribution in [0.4, 0.5) is 4.39 Å². The molecule has 3 aromatic rings. The minimum absolute atomic E-state index is 0.386. The topological polar surface area (TPSA) is 85.3 Å². The second-order valence-electron chi connectivity index (χ2n) is 7.60. The molecule has 1 heterocycles. The lowest BCUT2D eigenvalue weighted by Gasteiger charge is -2.17. The SMILES string of the molecule is COc1cc(C=CC(=O)NNC(=O)C(CCCCl)c2ccc(F)cc2)ccc1-n1cnc(C)c1. The first-order valence-corrected chi connectivity index (χ1v) is 11.2. The van der Waals surface area contributed by atoms with Crippen molar-refractivity contribution in [1.29, 1.82) is 0 Å². The van der Waals surface area contributed by atoms with Gasteiger partial charge in [0.25, 0.3) is 5.91 Å². The Morgan fingerprint density at radius 3 is 2.62 bits per heavy atom. The minimum atomic E-state index is -0.563. The van der Waals surface area contributed by atoms with Gasteiger partial charge in [-0.1, -0.05) is 18.2 Å². The molecule has 1 unspecified atom stereocenters. The molecule has 34 heavy (non-hydrogen) atoms. The molecule has 2 aromatic carbocycles. The smallest absolute Gasteiger partial charge is 0.262 e. The molecule has 0 spiro atoms. The zero-order valence-electron chi connectivity index (χ0n) is 18.9. The van der Waals surface area contributed by atoms with Crippen molar-refractivity contribution >= 4 is 29.5 Å². The number of amides is 2. The van der Waals surface area contributed by atoms with E-state index >= 15 is 0 Å². The van der Waals surface area contributed by atoms with Crippen molar-refractivity contribution < 1.29 is 18.7 Å². The van der Waals surface area contributed by atoms with Crippen molar-refractivity contribution in [2.45, 2.75) is 25.7 Å². The van der Waals surface area contributed by atoms with E-state index in [0.717, 1.165) is 16.9 Å². The maximum Gasteiger partial charge on any atom is 0.262 e. The van der Waals surface area contributed by atoms with E-state index < -0.39 is 17.7 Å². The highest BCUT2D eigenvalue weighted by molar-refractivity contribution is 6.17. The highest BCUT2D eigenvalue weighted by Crippen LogP contribution is 2.25. The zero-order valence-corrected chi connectivity index (χ0v) is 19.7. The number of benzene rings is 2. The first kappa shape index (κ1) is 25.0. The Balaban J connectivity index is 1.62. The Labute approximate surface area is 202 Å². The standard InChI is InChI=1S/C25H26ClFN4O3/c1-17-15-31(16-28-17)22-11-5-18(14-23(22)34-2)6-12-24(32)29-30-25(33)21(4-3-13-26)19-7-9-20(27)10-8-19/h5-12,14-16,21H,3-4,13H2,1-2H3,(H,29,32)(H,30,33). The normalized spacial score (nSPS) is 11.9. The van der Waals surface area contributed by atoms with Gasteiger partial charge in [-0.25, -0.2) is 9.37 Å². The highest BCUT2D eigenvalue weighted by Gasteiger charge is 2.20. The summed E-state index contributed by atoms with van der Waals surface area (Å²) in [5.41, 5.74) is 7.91. The maximum atomic E-state index is 13.2. The van der Waals surface area contributed by atoms with Crippen molar-refractivity contribution in [3.05, 3.63) is 83.7 Å². The number of carbonyl (C=O) groups excluding carboxylic acids is 2. The third kappa shape index (κ3) is 6.68. The van der Waals surface area contributed by atoms with E-state index in [2.05, 4.69) is 15.8 Å². The summed E-state index contributed by atoms with van der Waals surface area (Å²) >= 11 is 5.77. The van der Waals surface area contributed by atoms with Gasteiger partial charge in [-0.3, -0.25) is 20.4 Å². The summed E-state index contributed by atoms with van der Waals surface area (Å²) in [6, 6.07) is 11.2. The molecular formula is C25H26ClFN4O3. The molecule has 3 rings (SSSR count). The van der Waals surface area contributed by atoms with Gasteiger partial charge < -0.3 is 9.30 Å². The van der Waals surface area contributed by atoms with Crippen molar-refractivity contribution in [3.8, 4) is 11.4 Å². The van der Waals surface area contributed by atoms with Crippen LogP contribution in [0.1, 0.15) is 35.6 Å². The van der Waals surface area contributed by atoms with Crippen LogP contribution in [0.2, 0.25) is 0 Å². The lowest BCUT2D eigenvalue weighted by Crippen LogP contribution is -2.43. The van der Waals surface area contributed by atoms with Crippen LogP contribution in [-0.4, -0.2) is 34.4 Å². The predicted octanol–water partition coefficient (Wildman–Crippen LogP) is 4.29. The Kier molecular flexibility index (Phi) is 8.81. The zero-order chi connectivity index (χ0) is 24.5. The quantitative estimate of drug-likeness (QED) is 0.269. The van der Waals surface area contributed by atoms with Crippen LogP contribution in [0.15, 0.2) is 61.1 Å². The fraction of sp³-hybridized carbons (Fsp3) is 0.240. The van der Waals surface area contributed by atoms with Crippen LogP contribution >= 0.6 is 11.6 Å². The largest absolute Gasteiger partial charge is 0.495 e. The molecule has 0 fully saturated rings. The molecule has 0 aliphatic heterocycles. The average Bonchev–Trinajstić information content (AvgIpc) is 3.28. The van der Waals surface area contributed by atoms with Gasteiger partial charge in [0, 0.05) is 18.2 Å². The molecule has 0 radical (unpaired) electrons. The molecule has 2 amide bonds. The van der Waals surface area contributed by atoms with E-state index in [1.165, 1.54) is 18.2 Å². The van der Waals surface area contributed by atoms with Gasteiger partial charge in [-0.05, 0) is 61.2 Å². The second-order valence-corrected chi connectivity index (χ2v) is 7.98. The van der Waals surface area contributed by atoms with Gasteiger partial charge in [-0.2, -0.15) is 0 Å². The number of hydrazine groups is 1. The van der Waals surface area contributed by atoms with Gasteiger partial charge in [0.15, 0.2) is 0 Å². The molecule has 0 bridgehead atoms. The monoisotopic (exact) mass is 484 g/mol. The summed E-state index contributed by atoms with van der Waals surface area (Å²) in [4.78, 5) is 29.1. The number of alkyl halides is 1. The molecule has 1 atom stereocenters. The van der Waals surface area contributed by atoms with E-state index in [1.807, 2.05) is 29.8 Å². The number of rotatable bonds is 9. The average molecular weight is 485 g/mol. The Bertz CT molecular complexity index is 1160. The van der Waals surface area contributed by atoms with Gasteiger partial charge in [0.2, 0.25) is 5.91 Å². The fourth-order valence-corrected chi connectivity index (χ4v) is 3.57. The van der Waals surface area contributed by atoms with Gasteiger partial charge in [0.05, 0.1) is 30.7 Å². The third-order valence-corrected chi connectivity index (χ3v) is 5.41. The van der Waals surface area contributed by atoms with E-state index in [4.69, 9.17) is 16.3 Å². The first-order chi connectivity index (χ1) is 16.4. The molecule has 178 valence electrons. The summed E-state index contributed by atoms with van der Waals surface area (Å²) < 4.78 is 20.6. The van der Waals surface area contributed by atoms with E-state index in [1.54, 1.807) is 37.7 Å². The number of ether oxygens (including phenoxy) is 1. The maximum absolute atomic E-state index is 13.2. The summed E-state index contributed by atoms with van der Waals surface area (Å²) in [6.07, 6.45) is 7.57. The molecule has 1 aromatic heterocycles. The van der Waals surface area contributed by atoms with Crippen molar-refractivity contribution in [1.82, 2.24) is 20.4 Å². The molecular weight excluding hydrogens is 459 g/mol. The lowest BCUT2D eigenvalue weighted by molar-refractivity contribution is -0.127. The number of hydrogen-bond acceptors (Lipinski definition) is 4. The molecule has 0 saturated carbocycles. The van der Waals surface area contributed by atoms with Crippen LogP contribution < -0.4 is 15.6 Å². The van der Waals surface area contributed by atoms with Crippen LogP contribution in [0.3, 0.4) is 0 Å². The van der Waals surface area contributed by atoms with Crippen molar-refractivity contribution in [3.63, 3.8) is 0 Å². The second kappa shape index (κ2) is 12.0. The first-order valence-electron chi connectivity index (χ1n) is 10.7. The summed E-state index contributed by atoms with van der Waals surface area (Å²) in [5, 5.41) is 0. The summed E-state index contributed by atoms with van der Waals surface area (Å²) in [5.74, 6) is -0.842. The van der Waals surface area contributed by atoms with Crippen LogP contribution in [0.25, 0.3) is 11.8 Å². The van der Waals surface area contributed by atoms with Gasteiger partial charge in [-0.15, -0.1) is 11.6 Å². The number of hydrogen-bond donors (Lipinski definition) is 2. The van der Waals surface area contributed by atoms with E-state index in [9.17, 15) is 14.0 Å². The van der Waals surface area contributed by atoms with Crippen molar-refractivity contribution in [2.75, 3.05) is 13.0 Å². The van der Waals surface area contributed by atoms with Gasteiger partial charge in [0.1, 0.15) is 11.6 Å². The summed E-state index contributed by atoms with van der Waals surface area (Å²) in [6.45, 7) is 1.90. The number of imidazole rings is 1. The predicted molar refractivity (Wildman–Crippen MR) is 129 cm³/mol. The van der Waals surface area contributed by atoms with Gasteiger partial charge >= 0.3 is 0 Å². The minimum Gasteiger partial charge on any atom is -0.495 e. The molecule has 2 N–H and O–H groups in total. The fourth-order valence-electron chi connectivity index (χ4n) is 3.41. The van der Waals surface area contributed by atoms with E-state index in [0.29, 0.717) is 30.0 Å². The summed E-state index contributed by atoms with van der Waals surface area (Å²) in [7, 11) is 1.57. The molecule has 9 heteroatoms. The number of methoxy groups -OCH3 is 1. The number of aryl methyl sites for hydroxylation is 1. The van der Waals surface area contributed by atoms with E-state index in [-0.39, 0.29) is 5.82 Å². The molecule has 0 aliphatic carbocycles. The number of carbonyl (C=O) groups is 2. The molecule has 0 saturated heterocycles. The van der Waals surface area contributed by atoms with Crippen LogP contribution in [-0.2, 0) is 9.59 Å². The van der Waals surface area contributed by atoms with Crippen LogP contribution in [0, 0.1) is 12.7 Å². The van der Waals surface area contributed by atoms with Crippen LogP contribution in [0.5, 0.6) is 5.75 Å². The third-order valence-electron chi connectivity index (χ3n) is 5.14. The number of nitrogens with one attached hydrogen (secondary N) is 2. The molecule has 0 aliphatic rings. The molecule has 7 nitrogen and oxygen atoms in total. The highest BCUT2D eigenvalue weighted by atomic mass is 35.5. The lowest BCUT2D eigenvalue weighted by atomic mass is 9.94. The number of nitrogens with zero attached hydrogens (tertiary/aromatic N) is 2. The Morgan fingerprint density at radius 1 is 1.21 bits per heavy atom. The number of aromatic nitrogens is 2.